The second-order valence-corrected chi connectivity index (χ2v) is 6.26. The molecule has 0 spiro atoms. The predicted octanol–water partition coefficient (Wildman–Crippen LogP) is 2.27. The van der Waals surface area contributed by atoms with Gasteiger partial charge in [0.15, 0.2) is 0 Å². The third-order valence-corrected chi connectivity index (χ3v) is 5.00. The number of hydrogen-bond acceptors (Lipinski definition) is 3. The van der Waals surface area contributed by atoms with Crippen molar-refractivity contribution < 1.29 is 4.79 Å². The molecule has 2 unspecified atom stereocenters. The summed E-state index contributed by atoms with van der Waals surface area (Å²) in [6.07, 6.45) is 7.35. The van der Waals surface area contributed by atoms with Crippen molar-refractivity contribution in [3.8, 4) is 0 Å². The molecule has 0 aliphatic heterocycles. The van der Waals surface area contributed by atoms with Gasteiger partial charge in [-0.3, -0.25) is 4.79 Å². The second kappa shape index (κ2) is 7.99. The van der Waals surface area contributed by atoms with Crippen LogP contribution in [0.1, 0.15) is 65.7 Å². The summed E-state index contributed by atoms with van der Waals surface area (Å²) < 4.78 is 0. The molecule has 0 aromatic rings. The van der Waals surface area contributed by atoms with Crippen LogP contribution < -0.4 is 11.1 Å². The summed E-state index contributed by atoms with van der Waals surface area (Å²) in [6.45, 7) is 7.47. The highest BCUT2D eigenvalue weighted by molar-refractivity contribution is 5.84. The van der Waals surface area contributed by atoms with Crippen LogP contribution in [0.5, 0.6) is 0 Å². The molecule has 20 heavy (non-hydrogen) atoms. The van der Waals surface area contributed by atoms with E-state index in [0.29, 0.717) is 12.1 Å². The molecule has 1 saturated carbocycles. The van der Waals surface area contributed by atoms with Crippen molar-refractivity contribution in [2.24, 2.45) is 5.73 Å². The van der Waals surface area contributed by atoms with Crippen molar-refractivity contribution in [1.82, 2.24) is 10.2 Å². The van der Waals surface area contributed by atoms with E-state index in [2.05, 4.69) is 38.0 Å². The van der Waals surface area contributed by atoms with Crippen LogP contribution in [-0.4, -0.2) is 42.0 Å². The van der Waals surface area contributed by atoms with Gasteiger partial charge in [-0.15, -0.1) is 0 Å². The Kier molecular flexibility index (Phi) is 6.96. The summed E-state index contributed by atoms with van der Waals surface area (Å²) in [7, 11) is 2.21. The Labute approximate surface area is 124 Å². The van der Waals surface area contributed by atoms with Crippen LogP contribution in [0.25, 0.3) is 0 Å². The second-order valence-electron chi connectivity index (χ2n) is 6.26. The van der Waals surface area contributed by atoms with E-state index >= 15 is 0 Å². The Morgan fingerprint density at radius 2 is 2.05 bits per heavy atom. The number of nitrogens with zero attached hydrogens (tertiary/aromatic N) is 1. The van der Waals surface area contributed by atoms with Gasteiger partial charge >= 0.3 is 0 Å². The molecule has 0 radical (unpaired) electrons. The SMILES string of the molecule is CCCNC1(C(N)=O)CCCC(N(C)C(CC)CC)C1. The average Bonchev–Trinajstić information content (AvgIpc) is 2.46. The van der Waals surface area contributed by atoms with Crippen LogP contribution in [0, 0.1) is 0 Å². The van der Waals surface area contributed by atoms with E-state index in [1.54, 1.807) is 0 Å². The topological polar surface area (TPSA) is 58.4 Å². The summed E-state index contributed by atoms with van der Waals surface area (Å²) in [5, 5.41) is 3.44. The molecular formula is C16H33N3O. The quantitative estimate of drug-likeness (QED) is 0.718. The highest BCUT2D eigenvalue weighted by Gasteiger charge is 2.42. The Bertz CT molecular complexity index is 304. The fourth-order valence-corrected chi connectivity index (χ4v) is 3.59. The average molecular weight is 283 g/mol. The minimum absolute atomic E-state index is 0.173. The van der Waals surface area contributed by atoms with E-state index in [1.165, 1.54) is 6.42 Å². The largest absolute Gasteiger partial charge is 0.368 e. The molecule has 0 bridgehead atoms. The van der Waals surface area contributed by atoms with Crippen LogP contribution in [0.15, 0.2) is 0 Å². The van der Waals surface area contributed by atoms with E-state index in [1.807, 2.05) is 0 Å². The van der Waals surface area contributed by atoms with E-state index < -0.39 is 5.54 Å². The molecule has 1 fully saturated rings. The molecule has 1 amide bonds. The maximum Gasteiger partial charge on any atom is 0.237 e. The van der Waals surface area contributed by atoms with Gasteiger partial charge in [-0.05, 0) is 58.5 Å². The first-order chi connectivity index (χ1) is 9.50. The summed E-state index contributed by atoms with van der Waals surface area (Å²) in [4.78, 5) is 14.5. The van der Waals surface area contributed by atoms with E-state index in [4.69, 9.17) is 5.73 Å². The third kappa shape index (κ3) is 3.95. The Hall–Kier alpha value is -0.610. The van der Waals surface area contributed by atoms with Gasteiger partial charge in [-0.25, -0.2) is 0 Å². The molecule has 1 aliphatic carbocycles. The Morgan fingerprint density at radius 3 is 2.55 bits per heavy atom. The van der Waals surface area contributed by atoms with Crippen LogP contribution in [-0.2, 0) is 4.79 Å². The molecule has 118 valence electrons. The van der Waals surface area contributed by atoms with Crippen LogP contribution >= 0.6 is 0 Å². The summed E-state index contributed by atoms with van der Waals surface area (Å²) in [6, 6.07) is 1.07. The van der Waals surface area contributed by atoms with Crippen molar-refractivity contribution in [2.45, 2.75) is 83.3 Å². The zero-order chi connectivity index (χ0) is 15.2. The van der Waals surface area contributed by atoms with E-state index in [9.17, 15) is 4.79 Å². The van der Waals surface area contributed by atoms with Gasteiger partial charge in [0.1, 0.15) is 0 Å². The molecule has 1 rings (SSSR count). The number of nitrogens with one attached hydrogen (secondary N) is 1. The highest BCUT2D eigenvalue weighted by atomic mass is 16.1. The lowest BCUT2D eigenvalue weighted by molar-refractivity contribution is -0.126. The number of carbonyl (C=O) groups is 1. The molecule has 3 N–H and O–H groups in total. The number of nitrogens with two attached hydrogens (primary N) is 1. The molecule has 0 heterocycles. The lowest BCUT2D eigenvalue weighted by Gasteiger charge is -2.44. The smallest absolute Gasteiger partial charge is 0.237 e. The first-order valence-corrected chi connectivity index (χ1v) is 8.27. The van der Waals surface area contributed by atoms with E-state index in [0.717, 1.165) is 45.1 Å². The number of carbonyl (C=O) groups excluding carboxylic acids is 1. The van der Waals surface area contributed by atoms with Gasteiger partial charge in [0.05, 0.1) is 5.54 Å². The van der Waals surface area contributed by atoms with E-state index in [-0.39, 0.29) is 5.91 Å². The molecular weight excluding hydrogens is 250 g/mol. The maximum absolute atomic E-state index is 12.0. The first-order valence-electron chi connectivity index (χ1n) is 8.27. The lowest BCUT2D eigenvalue weighted by Crippen LogP contribution is -2.61. The summed E-state index contributed by atoms with van der Waals surface area (Å²) in [5.41, 5.74) is 5.24. The van der Waals surface area contributed by atoms with Crippen molar-refractivity contribution in [2.75, 3.05) is 13.6 Å². The van der Waals surface area contributed by atoms with Crippen LogP contribution in [0.2, 0.25) is 0 Å². The van der Waals surface area contributed by atoms with Gasteiger partial charge in [-0.1, -0.05) is 20.8 Å². The van der Waals surface area contributed by atoms with Crippen LogP contribution in [0.3, 0.4) is 0 Å². The monoisotopic (exact) mass is 283 g/mol. The molecule has 0 aromatic heterocycles. The predicted molar refractivity (Wildman–Crippen MR) is 84.6 cm³/mol. The van der Waals surface area contributed by atoms with Gasteiger partial charge < -0.3 is 16.0 Å². The third-order valence-electron chi connectivity index (χ3n) is 5.00. The lowest BCUT2D eigenvalue weighted by atomic mass is 9.77. The highest BCUT2D eigenvalue weighted by Crippen LogP contribution is 2.32. The minimum atomic E-state index is -0.487. The molecule has 1 aliphatic rings. The van der Waals surface area contributed by atoms with Gasteiger partial charge in [0, 0.05) is 12.1 Å². The van der Waals surface area contributed by atoms with Crippen molar-refractivity contribution >= 4 is 5.91 Å². The first kappa shape index (κ1) is 17.4. The minimum Gasteiger partial charge on any atom is -0.368 e. The summed E-state index contributed by atoms with van der Waals surface area (Å²) >= 11 is 0. The van der Waals surface area contributed by atoms with Crippen molar-refractivity contribution in [3.05, 3.63) is 0 Å². The normalized spacial score (nSPS) is 27.2. The molecule has 0 aromatic carbocycles. The van der Waals surface area contributed by atoms with Gasteiger partial charge in [-0.2, -0.15) is 0 Å². The Balaban J connectivity index is 2.78. The number of rotatable bonds is 8. The Morgan fingerprint density at radius 1 is 1.40 bits per heavy atom. The van der Waals surface area contributed by atoms with Gasteiger partial charge in [0.25, 0.3) is 0 Å². The van der Waals surface area contributed by atoms with Crippen molar-refractivity contribution in [3.63, 3.8) is 0 Å². The zero-order valence-corrected chi connectivity index (χ0v) is 13.7. The number of primary amides is 1. The standard InChI is InChI=1S/C16H33N3O/c1-5-11-18-16(15(17)20)10-8-9-14(12-16)19(4)13(6-2)7-3/h13-14,18H,5-12H2,1-4H3,(H2,17,20). The molecule has 4 heteroatoms. The molecule has 4 nitrogen and oxygen atoms in total. The molecule has 2 atom stereocenters. The maximum atomic E-state index is 12.0. The number of hydrogen-bond donors (Lipinski definition) is 2. The van der Waals surface area contributed by atoms with Crippen molar-refractivity contribution in [1.29, 1.82) is 0 Å². The number of amides is 1. The zero-order valence-electron chi connectivity index (χ0n) is 13.7. The van der Waals surface area contributed by atoms with Gasteiger partial charge in [0.2, 0.25) is 5.91 Å². The fraction of sp³-hybridized carbons (Fsp3) is 0.938. The molecule has 0 saturated heterocycles. The fourth-order valence-electron chi connectivity index (χ4n) is 3.59. The summed E-state index contributed by atoms with van der Waals surface area (Å²) in [5.74, 6) is -0.173. The van der Waals surface area contributed by atoms with Crippen LogP contribution in [0.4, 0.5) is 0 Å².